The number of carbonyl (C=O) groups excluding carboxylic acids is 2. The molecule has 2 saturated heterocycles. The molecule has 0 saturated carbocycles. The first-order valence-electron chi connectivity index (χ1n) is 12.6. The van der Waals surface area contributed by atoms with Gasteiger partial charge in [-0.3, -0.25) is 0 Å². The predicted octanol–water partition coefficient (Wildman–Crippen LogP) is -2.22. The van der Waals surface area contributed by atoms with Crippen molar-refractivity contribution in [2.75, 3.05) is 27.4 Å². The van der Waals surface area contributed by atoms with Gasteiger partial charge in [-0.2, -0.15) is 0 Å². The first kappa shape index (κ1) is 32.1. The number of hydrogen-bond donors (Lipinski definition) is 6. The fourth-order valence-corrected chi connectivity index (χ4v) is 4.17. The lowest BCUT2D eigenvalue weighted by atomic mass is 9.98. The van der Waals surface area contributed by atoms with Crippen molar-refractivity contribution in [3.8, 4) is 0 Å². The number of esters is 1. The van der Waals surface area contributed by atoms with Crippen molar-refractivity contribution >= 4 is 12.1 Å². The second kappa shape index (κ2) is 15.0. The van der Waals surface area contributed by atoms with Gasteiger partial charge >= 0.3 is 12.1 Å². The number of rotatable bonds is 11. The van der Waals surface area contributed by atoms with Crippen molar-refractivity contribution in [3.63, 3.8) is 0 Å². The minimum absolute atomic E-state index is 0.00303. The van der Waals surface area contributed by atoms with Crippen LogP contribution in [0, 0.1) is 0 Å². The van der Waals surface area contributed by atoms with Gasteiger partial charge in [-0.15, -0.1) is 0 Å². The Hall–Kier alpha value is -2.44. The monoisotopic (exact) mass is 575 g/mol. The standard InChI is InChI=1S/C25H37NO14/c1-12(22(32)36-9-13-7-5-4-6-8-13)26-25(33)40-21-17(28)15(38-23(35-3)20(21)31)11-37-24-19(30)18(29)16(27)14(39-24)10-34-2/h4-8,12,14-21,23-24,27-31H,9-11H2,1-3H3,(H,26,33)/t12-,14?,15?,16+,17+,18-,19?,20?,21-,23-,24+/m0/s1. The average Bonchev–Trinajstić information content (AvgIpc) is 2.95. The van der Waals surface area contributed by atoms with E-state index in [-0.39, 0.29) is 13.2 Å². The second-order valence-electron chi connectivity index (χ2n) is 9.39. The molecule has 11 atom stereocenters. The molecular weight excluding hydrogens is 538 g/mol. The molecule has 1 aromatic carbocycles. The topological polar surface area (TPSA) is 212 Å². The summed E-state index contributed by atoms with van der Waals surface area (Å²) in [4.78, 5) is 24.8. The van der Waals surface area contributed by atoms with Crippen LogP contribution in [-0.4, -0.2) is 132 Å². The van der Waals surface area contributed by atoms with E-state index < -0.39 is 86.1 Å². The minimum atomic E-state index is -1.65. The van der Waals surface area contributed by atoms with Gasteiger partial charge in [-0.25, -0.2) is 9.59 Å². The van der Waals surface area contributed by atoms with E-state index in [0.717, 1.165) is 5.56 Å². The fourth-order valence-electron chi connectivity index (χ4n) is 4.17. The normalized spacial score (nSPS) is 35.0. The highest BCUT2D eigenvalue weighted by molar-refractivity contribution is 5.81. The molecule has 0 spiro atoms. The first-order chi connectivity index (χ1) is 19.1. The van der Waals surface area contributed by atoms with Crippen LogP contribution in [0.1, 0.15) is 12.5 Å². The number of benzene rings is 1. The van der Waals surface area contributed by atoms with Gasteiger partial charge in [0.05, 0.1) is 13.2 Å². The zero-order valence-corrected chi connectivity index (χ0v) is 22.3. The molecule has 0 bridgehead atoms. The summed E-state index contributed by atoms with van der Waals surface area (Å²) in [5, 5.41) is 54.0. The lowest BCUT2D eigenvalue weighted by Gasteiger charge is -2.43. The lowest BCUT2D eigenvalue weighted by Crippen LogP contribution is -2.62. The Kier molecular flexibility index (Phi) is 12.0. The van der Waals surface area contributed by atoms with Crippen molar-refractivity contribution in [2.45, 2.75) is 81.0 Å². The van der Waals surface area contributed by atoms with Crippen LogP contribution >= 0.6 is 0 Å². The molecule has 0 aliphatic carbocycles. The van der Waals surface area contributed by atoms with Crippen molar-refractivity contribution in [1.29, 1.82) is 0 Å². The minimum Gasteiger partial charge on any atom is -0.459 e. The number of aliphatic hydroxyl groups excluding tert-OH is 5. The van der Waals surface area contributed by atoms with E-state index in [2.05, 4.69) is 5.32 Å². The largest absolute Gasteiger partial charge is 0.459 e. The zero-order chi connectivity index (χ0) is 29.4. The van der Waals surface area contributed by atoms with E-state index >= 15 is 0 Å². The Morgan fingerprint density at radius 3 is 2.17 bits per heavy atom. The number of amides is 1. The molecule has 2 fully saturated rings. The third-order valence-electron chi connectivity index (χ3n) is 6.45. The molecular formula is C25H37NO14. The fraction of sp³-hybridized carbons (Fsp3) is 0.680. The summed E-state index contributed by atoms with van der Waals surface area (Å²) >= 11 is 0. The summed E-state index contributed by atoms with van der Waals surface area (Å²) in [5.74, 6) is -0.736. The number of methoxy groups -OCH3 is 2. The maximum Gasteiger partial charge on any atom is 0.408 e. The van der Waals surface area contributed by atoms with Crippen LogP contribution in [0.2, 0.25) is 0 Å². The van der Waals surface area contributed by atoms with Crippen LogP contribution in [0.4, 0.5) is 4.79 Å². The molecule has 15 heteroatoms. The molecule has 226 valence electrons. The quantitative estimate of drug-likeness (QED) is 0.154. The van der Waals surface area contributed by atoms with Crippen LogP contribution in [0.25, 0.3) is 0 Å². The highest BCUT2D eigenvalue weighted by Crippen LogP contribution is 2.27. The summed E-state index contributed by atoms with van der Waals surface area (Å²) in [6, 6.07) is 7.81. The van der Waals surface area contributed by atoms with Gasteiger partial charge in [0.1, 0.15) is 55.4 Å². The number of aliphatic hydroxyl groups is 5. The molecule has 40 heavy (non-hydrogen) atoms. The van der Waals surface area contributed by atoms with Gasteiger partial charge in [0.25, 0.3) is 0 Å². The third-order valence-corrected chi connectivity index (χ3v) is 6.45. The number of hydrogen-bond acceptors (Lipinski definition) is 14. The number of carbonyl (C=O) groups is 2. The second-order valence-corrected chi connectivity index (χ2v) is 9.39. The van der Waals surface area contributed by atoms with Gasteiger partial charge in [-0.05, 0) is 12.5 Å². The summed E-state index contributed by atoms with van der Waals surface area (Å²) in [6.07, 6.45) is -15.7. The number of nitrogens with one attached hydrogen (secondary N) is 1. The Morgan fingerprint density at radius 2 is 1.52 bits per heavy atom. The number of ether oxygens (including phenoxy) is 7. The molecule has 1 aromatic rings. The molecule has 6 N–H and O–H groups in total. The van der Waals surface area contributed by atoms with E-state index in [4.69, 9.17) is 33.2 Å². The van der Waals surface area contributed by atoms with E-state index in [1.807, 2.05) is 6.07 Å². The first-order valence-corrected chi connectivity index (χ1v) is 12.6. The third kappa shape index (κ3) is 8.07. The van der Waals surface area contributed by atoms with Crippen molar-refractivity contribution < 1.29 is 68.3 Å². The average molecular weight is 576 g/mol. The maximum atomic E-state index is 12.5. The molecule has 3 rings (SSSR count). The van der Waals surface area contributed by atoms with Crippen LogP contribution < -0.4 is 5.32 Å². The molecule has 15 nitrogen and oxygen atoms in total. The summed E-state index contributed by atoms with van der Waals surface area (Å²) in [6.45, 7) is 0.797. The van der Waals surface area contributed by atoms with Crippen LogP contribution in [0.3, 0.4) is 0 Å². The Morgan fingerprint density at radius 1 is 0.875 bits per heavy atom. The predicted molar refractivity (Wildman–Crippen MR) is 131 cm³/mol. The SMILES string of the molecule is COCC1O[C@@H](OCC2O[C@H](OC)C(O)[C@@H](OC(=O)N[C@@H](C)C(=O)OCc3ccccc3)[C@@H]2O)C(O)[C@@H](O)[C@@H]1O. The highest BCUT2D eigenvalue weighted by Gasteiger charge is 2.49. The molecule has 0 radical (unpaired) electrons. The van der Waals surface area contributed by atoms with E-state index in [1.54, 1.807) is 24.3 Å². The molecule has 1 amide bonds. The Bertz CT molecular complexity index is 937. The molecule has 4 unspecified atom stereocenters. The summed E-state index contributed by atoms with van der Waals surface area (Å²) < 4.78 is 36.9. The zero-order valence-electron chi connectivity index (χ0n) is 22.3. The smallest absolute Gasteiger partial charge is 0.408 e. The maximum absolute atomic E-state index is 12.5. The van der Waals surface area contributed by atoms with Crippen LogP contribution in [0.15, 0.2) is 30.3 Å². The molecule has 2 aliphatic rings. The van der Waals surface area contributed by atoms with Crippen LogP contribution in [-0.2, 0) is 44.6 Å². The van der Waals surface area contributed by atoms with Gasteiger partial charge in [0.15, 0.2) is 18.7 Å². The van der Waals surface area contributed by atoms with E-state index in [0.29, 0.717) is 0 Å². The Balaban J connectivity index is 1.56. The Labute approximate surface area is 230 Å². The van der Waals surface area contributed by atoms with Crippen molar-refractivity contribution in [2.24, 2.45) is 0 Å². The lowest BCUT2D eigenvalue weighted by molar-refractivity contribution is -0.328. The van der Waals surface area contributed by atoms with Crippen LogP contribution in [0.5, 0.6) is 0 Å². The molecule has 0 aromatic heterocycles. The van der Waals surface area contributed by atoms with Gasteiger partial charge in [-0.1, -0.05) is 30.3 Å². The van der Waals surface area contributed by atoms with Crippen molar-refractivity contribution in [1.82, 2.24) is 5.32 Å². The molecule has 2 aliphatic heterocycles. The summed E-state index contributed by atoms with van der Waals surface area (Å²) in [5.41, 5.74) is 0.754. The molecule has 2 heterocycles. The van der Waals surface area contributed by atoms with Crippen molar-refractivity contribution in [3.05, 3.63) is 35.9 Å². The highest BCUT2D eigenvalue weighted by atomic mass is 16.7. The van der Waals surface area contributed by atoms with Gasteiger partial charge < -0.3 is 64.0 Å². The number of alkyl carbamates (subject to hydrolysis) is 1. The van der Waals surface area contributed by atoms with Gasteiger partial charge in [0.2, 0.25) is 0 Å². The van der Waals surface area contributed by atoms with Gasteiger partial charge in [0, 0.05) is 14.2 Å². The van der Waals surface area contributed by atoms with E-state index in [9.17, 15) is 35.1 Å². The summed E-state index contributed by atoms with van der Waals surface area (Å²) in [7, 11) is 2.57. The van der Waals surface area contributed by atoms with E-state index in [1.165, 1.54) is 21.1 Å².